The minimum absolute atomic E-state index is 0.000814. The Morgan fingerprint density at radius 1 is 1.44 bits per heavy atom. The summed E-state index contributed by atoms with van der Waals surface area (Å²) in [6.45, 7) is 4.95. The molecule has 1 rings (SSSR count). The summed E-state index contributed by atoms with van der Waals surface area (Å²) in [6.07, 6.45) is 8.06. The van der Waals surface area contributed by atoms with Crippen LogP contribution in [-0.4, -0.2) is 24.3 Å². The number of Topliss-reactive ketones (excluding diaryl/α,β-unsaturated/α-hetero) is 2. The fourth-order valence-corrected chi connectivity index (χ4v) is 1.64. The highest BCUT2D eigenvalue weighted by atomic mass is 16.7. The van der Waals surface area contributed by atoms with Crippen molar-refractivity contribution < 1.29 is 19.1 Å². The van der Waals surface area contributed by atoms with Crippen molar-refractivity contribution in [1.29, 1.82) is 0 Å². The molecule has 98 valence electrons. The third-order valence-electron chi connectivity index (χ3n) is 2.62. The van der Waals surface area contributed by atoms with Crippen LogP contribution in [-0.2, 0) is 19.1 Å². The summed E-state index contributed by atoms with van der Waals surface area (Å²) in [5, 5.41) is 0. The number of allylic oxidation sites excluding steroid dienone is 3. The topological polar surface area (TPSA) is 52.6 Å². The standard InChI is InChI=1S/C14H18O4/c1-5-6-7-8-9-14(3)12(16)11(10(2)15)13(17-4)18-14/h6-9H,5H2,1-4H3/b7-6+,9-8+/t14-/m1/s1. The zero-order chi connectivity index (χ0) is 13.8. The number of hydrogen-bond acceptors (Lipinski definition) is 4. The zero-order valence-corrected chi connectivity index (χ0v) is 11.1. The molecular weight excluding hydrogens is 232 g/mol. The Bertz CT molecular complexity index is 443. The van der Waals surface area contributed by atoms with E-state index in [1.807, 2.05) is 19.1 Å². The molecule has 0 fully saturated rings. The van der Waals surface area contributed by atoms with Crippen LogP contribution in [0.3, 0.4) is 0 Å². The molecule has 4 nitrogen and oxygen atoms in total. The maximum atomic E-state index is 12.1. The Morgan fingerprint density at radius 2 is 2.11 bits per heavy atom. The van der Waals surface area contributed by atoms with Crippen molar-refractivity contribution in [1.82, 2.24) is 0 Å². The van der Waals surface area contributed by atoms with Crippen LogP contribution in [0.25, 0.3) is 0 Å². The van der Waals surface area contributed by atoms with E-state index in [-0.39, 0.29) is 23.1 Å². The number of methoxy groups -OCH3 is 1. The van der Waals surface area contributed by atoms with Gasteiger partial charge in [-0.25, -0.2) is 0 Å². The third-order valence-corrected chi connectivity index (χ3v) is 2.62. The second-order valence-electron chi connectivity index (χ2n) is 4.16. The van der Waals surface area contributed by atoms with E-state index in [0.29, 0.717) is 0 Å². The number of hydrogen-bond donors (Lipinski definition) is 0. The van der Waals surface area contributed by atoms with E-state index < -0.39 is 5.60 Å². The highest BCUT2D eigenvalue weighted by Gasteiger charge is 2.46. The first-order valence-electron chi connectivity index (χ1n) is 5.83. The summed E-state index contributed by atoms with van der Waals surface area (Å²) in [6, 6.07) is 0. The van der Waals surface area contributed by atoms with Crippen LogP contribution in [0.2, 0.25) is 0 Å². The SMILES string of the molecule is CC/C=C/C=C/[C@@]1(C)OC(OC)=C(C(C)=O)C1=O. The Hall–Kier alpha value is -1.84. The minimum Gasteiger partial charge on any atom is -0.468 e. The van der Waals surface area contributed by atoms with E-state index in [9.17, 15) is 9.59 Å². The van der Waals surface area contributed by atoms with Crippen LogP contribution in [0.1, 0.15) is 27.2 Å². The van der Waals surface area contributed by atoms with Crippen molar-refractivity contribution in [2.75, 3.05) is 7.11 Å². The second kappa shape index (κ2) is 5.67. The lowest BCUT2D eigenvalue weighted by Crippen LogP contribution is -2.32. The number of rotatable bonds is 5. The van der Waals surface area contributed by atoms with Crippen LogP contribution in [0, 0.1) is 0 Å². The van der Waals surface area contributed by atoms with Gasteiger partial charge in [-0.1, -0.05) is 25.2 Å². The molecule has 0 bridgehead atoms. The molecule has 0 aromatic carbocycles. The zero-order valence-electron chi connectivity index (χ0n) is 11.1. The molecule has 1 aliphatic heterocycles. The Morgan fingerprint density at radius 3 is 2.56 bits per heavy atom. The van der Waals surface area contributed by atoms with Crippen molar-refractivity contribution in [3.8, 4) is 0 Å². The summed E-state index contributed by atoms with van der Waals surface area (Å²) < 4.78 is 10.4. The molecule has 1 heterocycles. The lowest BCUT2D eigenvalue weighted by atomic mass is 9.95. The number of ether oxygens (including phenoxy) is 2. The average molecular weight is 250 g/mol. The number of carbonyl (C=O) groups excluding carboxylic acids is 2. The molecule has 4 heteroatoms. The maximum absolute atomic E-state index is 12.1. The van der Waals surface area contributed by atoms with Crippen LogP contribution in [0.4, 0.5) is 0 Å². The summed E-state index contributed by atoms with van der Waals surface area (Å²) in [5.74, 6) is -0.717. The van der Waals surface area contributed by atoms with E-state index in [0.717, 1.165) is 6.42 Å². The van der Waals surface area contributed by atoms with Gasteiger partial charge in [0.1, 0.15) is 5.57 Å². The lowest BCUT2D eigenvalue weighted by molar-refractivity contribution is -0.128. The molecule has 0 N–H and O–H groups in total. The first kappa shape index (κ1) is 14.2. The van der Waals surface area contributed by atoms with Crippen LogP contribution in [0.15, 0.2) is 35.8 Å². The van der Waals surface area contributed by atoms with Crippen molar-refractivity contribution in [3.63, 3.8) is 0 Å². The molecule has 0 saturated carbocycles. The molecule has 0 spiro atoms. The van der Waals surface area contributed by atoms with Crippen molar-refractivity contribution in [2.45, 2.75) is 32.8 Å². The van der Waals surface area contributed by atoms with Crippen molar-refractivity contribution in [2.24, 2.45) is 0 Å². The van der Waals surface area contributed by atoms with E-state index in [1.165, 1.54) is 14.0 Å². The van der Waals surface area contributed by atoms with E-state index in [4.69, 9.17) is 9.47 Å². The normalized spacial score (nSPS) is 24.1. The molecule has 0 aromatic heterocycles. The van der Waals surface area contributed by atoms with Gasteiger partial charge in [-0.2, -0.15) is 0 Å². The van der Waals surface area contributed by atoms with Gasteiger partial charge in [-0.05, 0) is 26.3 Å². The van der Waals surface area contributed by atoms with Gasteiger partial charge < -0.3 is 9.47 Å². The molecule has 0 aliphatic carbocycles. The fraction of sp³-hybridized carbons (Fsp3) is 0.429. The minimum atomic E-state index is -1.16. The predicted molar refractivity (Wildman–Crippen MR) is 67.8 cm³/mol. The smallest absolute Gasteiger partial charge is 0.295 e. The summed E-state index contributed by atoms with van der Waals surface area (Å²) >= 11 is 0. The highest BCUT2D eigenvalue weighted by molar-refractivity contribution is 6.24. The molecule has 1 atom stereocenters. The molecule has 1 aliphatic rings. The molecule has 0 unspecified atom stereocenters. The summed E-state index contributed by atoms with van der Waals surface area (Å²) in [4.78, 5) is 23.6. The average Bonchev–Trinajstić information content (AvgIpc) is 2.58. The fourth-order valence-electron chi connectivity index (χ4n) is 1.64. The number of ketones is 2. The molecule has 0 aromatic rings. The molecule has 0 radical (unpaired) electrons. The number of carbonyl (C=O) groups is 2. The van der Waals surface area contributed by atoms with Gasteiger partial charge in [0.05, 0.1) is 7.11 Å². The van der Waals surface area contributed by atoms with E-state index in [2.05, 4.69) is 0 Å². The monoisotopic (exact) mass is 250 g/mol. The molecular formula is C14H18O4. The predicted octanol–water partition coefficient (Wildman–Crippen LogP) is 2.31. The third kappa shape index (κ3) is 2.70. The quantitative estimate of drug-likeness (QED) is 0.555. The van der Waals surface area contributed by atoms with Gasteiger partial charge in [0.15, 0.2) is 11.4 Å². The molecule has 18 heavy (non-hydrogen) atoms. The lowest BCUT2D eigenvalue weighted by Gasteiger charge is -2.18. The molecule has 0 amide bonds. The highest BCUT2D eigenvalue weighted by Crippen LogP contribution is 2.32. The van der Waals surface area contributed by atoms with Gasteiger partial charge in [0.2, 0.25) is 5.78 Å². The Kier molecular flexibility index (Phi) is 4.48. The van der Waals surface area contributed by atoms with Crippen LogP contribution in [0.5, 0.6) is 0 Å². The van der Waals surface area contributed by atoms with Gasteiger partial charge >= 0.3 is 0 Å². The van der Waals surface area contributed by atoms with Gasteiger partial charge in [-0.3, -0.25) is 9.59 Å². The maximum Gasteiger partial charge on any atom is 0.295 e. The van der Waals surface area contributed by atoms with Crippen LogP contribution >= 0.6 is 0 Å². The van der Waals surface area contributed by atoms with E-state index in [1.54, 1.807) is 19.1 Å². The van der Waals surface area contributed by atoms with Crippen LogP contribution < -0.4 is 0 Å². The van der Waals surface area contributed by atoms with Gasteiger partial charge in [0, 0.05) is 0 Å². The Balaban J connectivity index is 2.97. The van der Waals surface area contributed by atoms with Gasteiger partial charge in [0.25, 0.3) is 5.95 Å². The first-order valence-corrected chi connectivity index (χ1v) is 5.83. The summed E-state index contributed by atoms with van der Waals surface area (Å²) in [7, 11) is 1.37. The second-order valence-corrected chi connectivity index (χ2v) is 4.16. The van der Waals surface area contributed by atoms with E-state index >= 15 is 0 Å². The molecule has 0 saturated heterocycles. The summed E-state index contributed by atoms with van der Waals surface area (Å²) in [5.41, 5.74) is -1.17. The largest absolute Gasteiger partial charge is 0.468 e. The first-order chi connectivity index (χ1) is 8.46. The van der Waals surface area contributed by atoms with Crippen molar-refractivity contribution >= 4 is 11.6 Å². The van der Waals surface area contributed by atoms with Crippen molar-refractivity contribution in [3.05, 3.63) is 35.8 Å². The van der Waals surface area contributed by atoms with Gasteiger partial charge in [-0.15, -0.1) is 0 Å². The Labute approximate surface area is 107 Å².